The minimum atomic E-state index is -3.56. The lowest BCUT2D eigenvalue weighted by atomic mass is 10.0. The molecule has 3 aromatic rings. The Balaban J connectivity index is 2.03. The van der Waals surface area contributed by atoms with Crippen molar-refractivity contribution in [2.75, 3.05) is 11.0 Å². The van der Waals surface area contributed by atoms with Crippen molar-refractivity contribution in [2.24, 2.45) is 0 Å². The van der Waals surface area contributed by atoms with E-state index < -0.39 is 10.0 Å². The average Bonchev–Trinajstić information content (AvgIpc) is 3.05. The van der Waals surface area contributed by atoms with Crippen LogP contribution in [0.4, 0.5) is 5.69 Å². The summed E-state index contributed by atoms with van der Waals surface area (Å²) in [6, 6.07) is 10.0. The zero-order chi connectivity index (χ0) is 22.1. The summed E-state index contributed by atoms with van der Waals surface area (Å²) in [4.78, 5) is 0. The Kier molecular flexibility index (Phi) is 6.87. The largest absolute Gasteiger partial charge is 0.486 e. The summed E-state index contributed by atoms with van der Waals surface area (Å²) in [5, 5.41) is 5.24. The third-order valence-corrected chi connectivity index (χ3v) is 5.70. The molecule has 0 atom stereocenters. The first kappa shape index (κ1) is 22.7. The first-order valence-electron chi connectivity index (χ1n) is 8.90. The fourth-order valence-corrected chi connectivity index (χ4v) is 4.32. The highest BCUT2D eigenvalue weighted by atomic mass is 35.5. The summed E-state index contributed by atoms with van der Waals surface area (Å²) >= 11 is 18.9. The van der Waals surface area contributed by atoms with E-state index in [0.29, 0.717) is 32.6 Å². The van der Waals surface area contributed by atoms with Crippen LogP contribution in [0.25, 0.3) is 11.3 Å². The van der Waals surface area contributed by atoms with Crippen molar-refractivity contribution in [1.29, 1.82) is 0 Å². The van der Waals surface area contributed by atoms with Gasteiger partial charge >= 0.3 is 0 Å². The van der Waals surface area contributed by atoms with Crippen molar-refractivity contribution < 1.29 is 17.7 Å². The lowest BCUT2D eigenvalue weighted by molar-refractivity contribution is 0.300. The molecule has 0 aliphatic heterocycles. The first-order chi connectivity index (χ1) is 14.1. The van der Waals surface area contributed by atoms with Crippen LogP contribution >= 0.6 is 34.8 Å². The molecule has 0 unspecified atom stereocenters. The van der Waals surface area contributed by atoms with Crippen LogP contribution in [0.2, 0.25) is 15.1 Å². The van der Waals surface area contributed by atoms with Gasteiger partial charge in [0, 0.05) is 11.5 Å². The van der Waals surface area contributed by atoms with E-state index in [0.717, 1.165) is 6.26 Å². The maximum absolute atomic E-state index is 11.7. The van der Waals surface area contributed by atoms with Crippen LogP contribution in [-0.2, 0) is 16.6 Å². The molecule has 0 radical (unpaired) electrons. The zero-order valence-corrected chi connectivity index (χ0v) is 19.5. The molecule has 10 heteroatoms. The third kappa shape index (κ3) is 5.03. The van der Waals surface area contributed by atoms with E-state index in [4.69, 9.17) is 44.1 Å². The predicted molar refractivity (Wildman–Crippen MR) is 120 cm³/mol. The van der Waals surface area contributed by atoms with E-state index in [-0.39, 0.29) is 29.0 Å². The molecule has 0 aliphatic carbocycles. The maximum atomic E-state index is 11.7. The number of rotatable bonds is 7. The number of para-hydroxylation sites is 1. The molecule has 0 amide bonds. The Morgan fingerprint density at radius 1 is 1.07 bits per heavy atom. The van der Waals surface area contributed by atoms with Crippen molar-refractivity contribution in [3.8, 4) is 17.0 Å². The monoisotopic (exact) mass is 488 g/mol. The van der Waals surface area contributed by atoms with E-state index in [1.165, 1.54) is 0 Å². The Morgan fingerprint density at radius 3 is 2.27 bits per heavy atom. The number of sulfonamides is 1. The number of anilines is 1. The molecule has 0 aliphatic rings. The molecule has 2 aromatic carbocycles. The van der Waals surface area contributed by atoms with Crippen molar-refractivity contribution in [3.05, 3.63) is 62.8 Å². The molecule has 0 fully saturated rings. The van der Waals surface area contributed by atoms with Gasteiger partial charge in [-0.25, -0.2) is 8.42 Å². The lowest BCUT2D eigenvalue weighted by Crippen LogP contribution is -2.11. The standard InChI is InChI=1S/C20H19Cl3N2O4S/c1-11(2)20-12(18(24-29-20)17-13(21)6-4-7-14(17)22)10-28-16-9-5-8-15(23)19(16)25-30(3,26)27/h4-9,11,25H,10H2,1-3H3. The van der Waals surface area contributed by atoms with Crippen LogP contribution in [0.1, 0.15) is 31.1 Å². The lowest BCUT2D eigenvalue weighted by Gasteiger charge is -2.15. The van der Waals surface area contributed by atoms with Gasteiger partial charge in [0.25, 0.3) is 0 Å². The second-order valence-corrected chi connectivity index (χ2v) is 9.87. The molecule has 1 heterocycles. The van der Waals surface area contributed by atoms with Gasteiger partial charge in [-0.1, -0.05) is 65.9 Å². The van der Waals surface area contributed by atoms with Gasteiger partial charge in [-0.15, -0.1) is 0 Å². The minimum absolute atomic E-state index is 0.0130. The van der Waals surface area contributed by atoms with Crippen LogP contribution in [-0.4, -0.2) is 19.8 Å². The van der Waals surface area contributed by atoms with Gasteiger partial charge in [0.05, 0.1) is 26.9 Å². The summed E-state index contributed by atoms with van der Waals surface area (Å²) in [5.74, 6) is 0.889. The molecule has 160 valence electrons. The van der Waals surface area contributed by atoms with Crippen LogP contribution in [0.5, 0.6) is 5.75 Å². The van der Waals surface area contributed by atoms with Crippen molar-refractivity contribution in [2.45, 2.75) is 26.4 Å². The topological polar surface area (TPSA) is 81.4 Å². The molecule has 1 N–H and O–H groups in total. The molecule has 30 heavy (non-hydrogen) atoms. The number of aromatic nitrogens is 1. The summed E-state index contributed by atoms with van der Waals surface area (Å²) in [6.45, 7) is 3.95. The van der Waals surface area contributed by atoms with Gasteiger partial charge in [0.2, 0.25) is 10.0 Å². The number of ether oxygens (including phenoxy) is 1. The van der Waals surface area contributed by atoms with E-state index in [1.54, 1.807) is 36.4 Å². The van der Waals surface area contributed by atoms with Crippen LogP contribution in [0.3, 0.4) is 0 Å². The molecule has 0 saturated heterocycles. The molecule has 0 saturated carbocycles. The van der Waals surface area contributed by atoms with Gasteiger partial charge in [-0.05, 0) is 24.3 Å². The number of benzene rings is 2. The quantitative estimate of drug-likeness (QED) is 0.417. The second kappa shape index (κ2) is 9.06. The third-order valence-electron chi connectivity index (χ3n) is 4.18. The van der Waals surface area contributed by atoms with Gasteiger partial charge in [-0.3, -0.25) is 4.72 Å². The van der Waals surface area contributed by atoms with Crippen LogP contribution < -0.4 is 9.46 Å². The highest BCUT2D eigenvalue weighted by molar-refractivity contribution is 7.92. The molecular formula is C20H19Cl3N2O4S. The molecular weight excluding hydrogens is 471 g/mol. The smallest absolute Gasteiger partial charge is 0.229 e. The van der Waals surface area contributed by atoms with E-state index in [2.05, 4.69) is 9.88 Å². The average molecular weight is 490 g/mol. The molecule has 6 nitrogen and oxygen atoms in total. The number of hydrogen-bond acceptors (Lipinski definition) is 5. The number of nitrogens with zero attached hydrogens (tertiary/aromatic N) is 1. The zero-order valence-electron chi connectivity index (χ0n) is 16.4. The highest BCUT2D eigenvalue weighted by Crippen LogP contribution is 2.40. The van der Waals surface area contributed by atoms with Gasteiger partial charge in [0.15, 0.2) is 0 Å². The summed E-state index contributed by atoms with van der Waals surface area (Å²) in [7, 11) is -3.56. The maximum Gasteiger partial charge on any atom is 0.229 e. The summed E-state index contributed by atoms with van der Waals surface area (Å²) in [5.41, 5.74) is 1.82. The number of halogens is 3. The fourth-order valence-electron chi connectivity index (χ4n) is 2.89. The molecule has 0 bridgehead atoms. The van der Waals surface area contributed by atoms with Gasteiger partial charge in [-0.2, -0.15) is 0 Å². The predicted octanol–water partition coefficient (Wildman–Crippen LogP) is 6.38. The van der Waals surface area contributed by atoms with E-state index in [1.807, 2.05) is 13.8 Å². The van der Waals surface area contributed by atoms with E-state index >= 15 is 0 Å². The molecule has 0 spiro atoms. The SMILES string of the molecule is CC(C)c1onc(-c2c(Cl)cccc2Cl)c1COc1cccc(Cl)c1NS(C)(=O)=O. The fraction of sp³-hybridized carbons (Fsp3) is 0.250. The Hall–Kier alpha value is -1.93. The van der Waals surface area contributed by atoms with Gasteiger partial charge in [0.1, 0.15) is 29.5 Å². The normalized spacial score (nSPS) is 11.7. The van der Waals surface area contributed by atoms with Crippen LogP contribution in [0, 0.1) is 0 Å². The first-order valence-corrected chi connectivity index (χ1v) is 11.9. The summed E-state index contributed by atoms with van der Waals surface area (Å²) < 4.78 is 37.3. The van der Waals surface area contributed by atoms with Crippen molar-refractivity contribution in [1.82, 2.24) is 5.16 Å². The molecule has 3 rings (SSSR count). The van der Waals surface area contributed by atoms with E-state index in [9.17, 15) is 8.42 Å². The Labute approximate surface area is 190 Å². The highest BCUT2D eigenvalue weighted by Gasteiger charge is 2.24. The second-order valence-electron chi connectivity index (χ2n) is 6.90. The minimum Gasteiger partial charge on any atom is -0.486 e. The summed E-state index contributed by atoms with van der Waals surface area (Å²) in [6.07, 6.45) is 1.04. The Bertz CT molecular complexity index is 1160. The van der Waals surface area contributed by atoms with Crippen molar-refractivity contribution in [3.63, 3.8) is 0 Å². The Morgan fingerprint density at radius 2 is 1.67 bits per heavy atom. The number of hydrogen-bond donors (Lipinski definition) is 1. The van der Waals surface area contributed by atoms with Gasteiger partial charge < -0.3 is 9.26 Å². The van der Waals surface area contributed by atoms with Crippen LogP contribution in [0.15, 0.2) is 40.9 Å². The molecule has 1 aromatic heterocycles. The number of nitrogens with one attached hydrogen (secondary N) is 1. The van der Waals surface area contributed by atoms with Crippen molar-refractivity contribution >= 4 is 50.5 Å².